The molecule has 6 nitrogen and oxygen atoms in total. The second-order valence-electron chi connectivity index (χ2n) is 6.46. The van der Waals surface area contributed by atoms with Crippen molar-refractivity contribution in [2.45, 2.75) is 57.9 Å². The lowest BCUT2D eigenvalue weighted by molar-refractivity contribution is 0.0963. The lowest BCUT2D eigenvalue weighted by Crippen LogP contribution is -2.50. The number of hydrogen-bond acceptors (Lipinski definition) is 3. The molecule has 0 saturated carbocycles. The number of nitrogens with zero attached hydrogens (tertiary/aromatic N) is 2. The van der Waals surface area contributed by atoms with Gasteiger partial charge in [-0.05, 0) is 51.9 Å². The zero-order valence-corrected chi connectivity index (χ0v) is 15.1. The van der Waals surface area contributed by atoms with Crippen molar-refractivity contribution >= 4 is 12.1 Å². The Kier molecular flexibility index (Phi) is 7.92. The van der Waals surface area contributed by atoms with Gasteiger partial charge in [0.25, 0.3) is 0 Å². The summed E-state index contributed by atoms with van der Waals surface area (Å²) in [6.07, 6.45) is 10.3. The second-order valence-corrected chi connectivity index (χ2v) is 6.46. The fraction of sp³-hybridized carbons (Fsp3) is 0.778. The van der Waals surface area contributed by atoms with Gasteiger partial charge in [0, 0.05) is 32.7 Å². The number of allylic oxidation sites excluding steroid dienone is 1. The van der Waals surface area contributed by atoms with Crippen molar-refractivity contribution in [2.24, 2.45) is 4.99 Å². The fourth-order valence-corrected chi connectivity index (χ4v) is 3.28. The summed E-state index contributed by atoms with van der Waals surface area (Å²) >= 11 is 0. The molecule has 0 unspecified atom stereocenters. The summed E-state index contributed by atoms with van der Waals surface area (Å²) in [7, 11) is 1.81. The summed E-state index contributed by atoms with van der Waals surface area (Å²) < 4.78 is 5.05. The van der Waals surface area contributed by atoms with Crippen LogP contribution in [0.15, 0.2) is 16.6 Å². The molecule has 1 aliphatic carbocycles. The molecular weight excluding hydrogens is 304 g/mol. The summed E-state index contributed by atoms with van der Waals surface area (Å²) in [6.45, 7) is 4.67. The molecule has 24 heavy (non-hydrogen) atoms. The first-order chi connectivity index (χ1) is 11.7. The van der Waals surface area contributed by atoms with E-state index in [1.807, 2.05) is 14.0 Å². The number of aliphatic imine (C=N–C) groups is 1. The maximum Gasteiger partial charge on any atom is 0.409 e. The average molecular weight is 336 g/mol. The van der Waals surface area contributed by atoms with Crippen LogP contribution in [0.3, 0.4) is 0 Å². The van der Waals surface area contributed by atoms with Gasteiger partial charge >= 0.3 is 6.09 Å². The van der Waals surface area contributed by atoms with Crippen LogP contribution >= 0.6 is 0 Å². The van der Waals surface area contributed by atoms with Crippen LogP contribution in [0.1, 0.15) is 51.9 Å². The first kappa shape index (κ1) is 18.6. The van der Waals surface area contributed by atoms with E-state index in [-0.39, 0.29) is 6.09 Å². The standard InChI is InChI=1S/C18H32N4O2/c1-3-24-18(23)22-13-10-16(11-14-22)21-17(19-2)20-12-9-15-7-5-4-6-8-15/h7,16H,3-6,8-14H2,1-2H3,(H2,19,20,21). The van der Waals surface area contributed by atoms with Gasteiger partial charge < -0.3 is 20.3 Å². The number of piperidine rings is 1. The van der Waals surface area contributed by atoms with Crippen LogP contribution in [0.5, 0.6) is 0 Å². The SMILES string of the molecule is CCOC(=O)N1CCC(NC(=NC)NCCC2=CCCCC2)CC1. The highest BCUT2D eigenvalue weighted by Crippen LogP contribution is 2.19. The lowest BCUT2D eigenvalue weighted by Gasteiger charge is -2.32. The Balaban J connectivity index is 1.66. The molecule has 0 aromatic heterocycles. The maximum absolute atomic E-state index is 11.7. The third-order valence-electron chi connectivity index (χ3n) is 4.71. The quantitative estimate of drug-likeness (QED) is 0.460. The molecule has 1 amide bonds. The molecule has 0 bridgehead atoms. The predicted octanol–water partition coefficient (Wildman–Crippen LogP) is 2.66. The van der Waals surface area contributed by atoms with E-state index < -0.39 is 0 Å². The van der Waals surface area contributed by atoms with Gasteiger partial charge in [0.05, 0.1) is 6.61 Å². The molecule has 1 aliphatic heterocycles. The zero-order valence-electron chi connectivity index (χ0n) is 15.1. The molecule has 1 saturated heterocycles. The van der Waals surface area contributed by atoms with Crippen LogP contribution in [-0.4, -0.2) is 56.3 Å². The molecule has 2 rings (SSSR count). The molecule has 0 atom stereocenters. The smallest absolute Gasteiger partial charge is 0.409 e. The number of likely N-dealkylation sites (tertiary alicyclic amines) is 1. The van der Waals surface area contributed by atoms with Crippen molar-refractivity contribution in [3.8, 4) is 0 Å². The van der Waals surface area contributed by atoms with Crippen molar-refractivity contribution in [1.29, 1.82) is 0 Å². The molecular formula is C18H32N4O2. The fourth-order valence-electron chi connectivity index (χ4n) is 3.28. The minimum Gasteiger partial charge on any atom is -0.450 e. The lowest BCUT2D eigenvalue weighted by atomic mass is 9.97. The Bertz CT molecular complexity index is 454. The number of hydrogen-bond donors (Lipinski definition) is 2. The Morgan fingerprint density at radius 2 is 2.17 bits per heavy atom. The zero-order chi connectivity index (χ0) is 17.2. The topological polar surface area (TPSA) is 66.0 Å². The van der Waals surface area contributed by atoms with Crippen LogP contribution in [-0.2, 0) is 4.74 Å². The average Bonchev–Trinajstić information content (AvgIpc) is 2.62. The van der Waals surface area contributed by atoms with Gasteiger partial charge in [-0.2, -0.15) is 0 Å². The number of carbonyl (C=O) groups is 1. The van der Waals surface area contributed by atoms with E-state index in [2.05, 4.69) is 21.7 Å². The van der Waals surface area contributed by atoms with Crippen molar-refractivity contribution in [3.05, 3.63) is 11.6 Å². The maximum atomic E-state index is 11.7. The van der Waals surface area contributed by atoms with Crippen molar-refractivity contribution in [1.82, 2.24) is 15.5 Å². The number of carbonyl (C=O) groups excluding carboxylic acids is 1. The molecule has 2 aliphatic rings. The summed E-state index contributed by atoms with van der Waals surface area (Å²) in [4.78, 5) is 17.8. The molecule has 2 N–H and O–H groups in total. The first-order valence-corrected chi connectivity index (χ1v) is 9.29. The Morgan fingerprint density at radius 1 is 1.38 bits per heavy atom. The summed E-state index contributed by atoms with van der Waals surface area (Å²) in [5.41, 5.74) is 1.58. The minimum atomic E-state index is -0.195. The number of nitrogens with one attached hydrogen (secondary N) is 2. The van der Waals surface area contributed by atoms with Crippen molar-refractivity contribution in [3.63, 3.8) is 0 Å². The Hall–Kier alpha value is -1.72. The monoisotopic (exact) mass is 336 g/mol. The summed E-state index contributed by atoms with van der Waals surface area (Å²) in [5.74, 6) is 0.862. The van der Waals surface area contributed by atoms with Crippen LogP contribution in [0.2, 0.25) is 0 Å². The second kappa shape index (κ2) is 10.2. The van der Waals surface area contributed by atoms with Gasteiger partial charge in [0.2, 0.25) is 0 Å². The molecule has 1 fully saturated rings. The van der Waals surface area contributed by atoms with Gasteiger partial charge in [0.15, 0.2) is 5.96 Å². The highest BCUT2D eigenvalue weighted by Gasteiger charge is 2.23. The van der Waals surface area contributed by atoms with Gasteiger partial charge in [-0.15, -0.1) is 0 Å². The highest BCUT2D eigenvalue weighted by molar-refractivity contribution is 5.80. The number of rotatable bonds is 5. The van der Waals surface area contributed by atoms with Gasteiger partial charge in [0.1, 0.15) is 0 Å². The van der Waals surface area contributed by atoms with Gasteiger partial charge in [-0.1, -0.05) is 11.6 Å². The van der Waals surface area contributed by atoms with E-state index in [4.69, 9.17) is 4.74 Å². The molecule has 0 aromatic carbocycles. The van der Waals surface area contributed by atoms with Crippen LogP contribution in [0, 0.1) is 0 Å². The first-order valence-electron chi connectivity index (χ1n) is 9.29. The minimum absolute atomic E-state index is 0.195. The molecule has 136 valence electrons. The summed E-state index contributed by atoms with van der Waals surface area (Å²) in [6, 6.07) is 0.357. The Morgan fingerprint density at radius 3 is 2.79 bits per heavy atom. The third-order valence-corrected chi connectivity index (χ3v) is 4.71. The Labute approximate surface area is 145 Å². The van der Waals surface area contributed by atoms with E-state index in [9.17, 15) is 4.79 Å². The van der Waals surface area contributed by atoms with Crippen molar-refractivity contribution < 1.29 is 9.53 Å². The van der Waals surface area contributed by atoms with Gasteiger partial charge in [-0.3, -0.25) is 4.99 Å². The largest absolute Gasteiger partial charge is 0.450 e. The summed E-state index contributed by atoms with van der Waals surface area (Å²) in [5, 5.41) is 6.89. The predicted molar refractivity (Wildman–Crippen MR) is 97.3 cm³/mol. The van der Waals surface area contributed by atoms with Gasteiger partial charge in [-0.25, -0.2) is 4.79 Å². The van der Waals surface area contributed by atoms with Crippen LogP contribution < -0.4 is 10.6 Å². The molecule has 0 radical (unpaired) electrons. The highest BCUT2D eigenvalue weighted by atomic mass is 16.6. The normalized spacial score (nSPS) is 19.7. The number of amides is 1. The third kappa shape index (κ3) is 6.06. The number of ether oxygens (including phenoxy) is 1. The van der Waals surface area contributed by atoms with Crippen molar-refractivity contribution in [2.75, 3.05) is 33.3 Å². The number of guanidine groups is 1. The van der Waals surface area contributed by atoms with E-state index >= 15 is 0 Å². The van der Waals surface area contributed by atoms with Crippen LogP contribution in [0.4, 0.5) is 4.79 Å². The molecule has 1 heterocycles. The van der Waals surface area contributed by atoms with E-state index in [1.165, 1.54) is 25.7 Å². The molecule has 6 heteroatoms. The van der Waals surface area contributed by atoms with E-state index in [1.54, 1.807) is 10.5 Å². The van der Waals surface area contributed by atoms with Crippen LogP contribution in [0.25, 0.3) is 0 Å². The van der Waals surface area contributed by atoms with E-state index in [0.29, 0.717) is 12.6 Å². The molecule has 0 aromatic rings. The van der Waals surface area contributed by atoms with E-state index in [0.717, 1.165) is 44.9 Å². The molecule has 0 spiro atoms.